The largest absolute Gasteiger partial charge is 0.497 e. The van der Waals surface area contributed by atoms with Crippen LogP contribution in [0.3, 0.4) is 0 Å². The van der Waals surface area contributed by atoms with Gasteiger partial charge in [0, 0.05) is 12.6 Å². The summed E-state index contributed by atoms with van der Waals surface area (Å²) in [5.41, 5.74) is 1.31. The topological polar surface area (TPSA) is 71.9 Å². The number of aryl methyl sites for hydroxylation is 1. The first-order valence-electron chi connectivity index (χ1n) is 8.33. The Morgan fingerprint density at radius 3 is 2.76 bits per heavy atom. The molecule has 1 aliphatic rings. The molecule has 7 heteroatoms. The van der Waals surface area contributed by atoms with Crippen LogP contribution in [0.1, 0.15) is 28.2 Å². The highest BCUT2D eigenvalue weighted by Crippen LogP contribution is 2.37. The average molecular weight is 362 g/mol. The summed E-state index contributed by atoms with van der Waals surface area (Å²) < 4.78 is 11.3. The zero-order valence-electron chi connectivity index (χ0n) is 14.4. The van der Waals surface area contributed by atoms with E-state index in [0.717, 1.165) is 25.2 Å². The Hall–Kier alpha value is -2.12. The van der Waals surface area contributed by atoms with Gasteiger partial charge in [0.15, 0.2) is 0 Å². The van der Waals surface area contributed by atoms with Gasteiger partial charge in [-0.25, -0.2) is 9.78 Å². The number of nitrogens with zero attached hydrogens (tertiary/aromatic N) is 2. The van der Waals surface area contributed by atoms with Crippen molar-refractivity contribution in [3.63, 3.8) is 0 Å². The third kappa shape index (κ3) is 4.11. The minimum atomic E-state index is -0.953. The molecule has 0 spiro atoms. The van der Waals surface area contributed by atoms with Crippen molar-refractivity contribution < 1.29 is 19.4 Å². The number of rotatable bonds is 7. The summed E-state index contributed by atoms with van der Waals surface area (Å²) in [5, 5.41) is 9.90. The lowest BCUT2D eigenvalue weighted by atomic mass is 10.2. The van der Waals surface area contributed by atoms with Gasteiger partial charge in [0.2, 0.25) is 0 Å². The molecule has 0 saturated carbocycles. The van der Waals surface area contributed by atoms with Crippen molar-refractivity contribution in [1.29, 1.82) is 0 Å². The van der Waals surface area contributed by atoms with Crippen LogP contribution in [-0.2, 0) is 0 Å². The minimum absolute atomic E-state index is 0.258. The van der Waals surface area contributed by atoms with Crippen LogP contribution in [-0.4, -0.2) is 54.3 Å². The molecule has 0 bridgehead atoms. The molecule has 6 nitrogen and oxygen atoms in total. The molecule has 1 saturated heterocycles. The fourth-order valence-electron chi connectivity index (χ4n) is 2.93. The molecular weight excluding hydrogens is 340 g/mol. The minimum Gasteiger partial charge on any atom is -0.497 e. The summed E-state index contributed by atoms with van der Waals surface area (Å²) in [4.78, 5) is 18.3. The lowest BCUT2D eigenvalue weighted by Gasteiger charge is -2.16. The summed E-state index contributed by atoms with van der Waals surface area (Å²) >= 11 is 1.17. The van der Waals surface area contributed by atoms with Crippen LogP contribution in [0, 0.1) is 6.92 Å². The molecule has 0 unspecified atom stereocenters. The van der Waals surface area contributed by atoms with Gasteiger partial charge >= 0.3 is 5.97 Å². The lowest BCUT2D eigenvalue weighted by Crippen LogP contribution is -2.25. The fraction of sp³-hybridized carbons (Fsp3) is 0.444. The van der Waals surface area contributed by atoms with Crippen molar-refractivity contribution in [1.82, 2.24) is 9.88 Å². The van der Waals surface area contributed by atoms with E-state index < -0.39 is 5.97 Å². The Bertz CT molecular complexity index is 754. The molecule has 0 aliphatic carbocycles. The van der Waals surface area contributed by atoms with E-state index in [4.69, 9.17) is 9.47 Å². The predicted octanol–water partition coefficient (Wildman–Crippen LogP) is 3.30. The molecule has 0 amide bonds. The number of benzene rings is 1. The second-order valence-electron chi connectivity index (χ2n) is 6.00. The molecular formula is C18H22N2O4S. The Balaban J connectivity index is 1.82. The number of likely N-dealkylation sites (tertiary alicyclic amines) is 1. The van der Waals surface area contributed by atoms with E-state index in [-0.39, 0.29) is 4.88 Å². The number of carboxylic acid groups (broad SMARTS) is 1. The number of thiazole rings is 1. The van der Waals surface area contributed by atoms with Crippen LogP contribution in [0.15, 0.2) is 18.2 Å². The molecule has 1 aromatic carbocycles. The van der Waals surface area contributed by atoms with Crippen molar-refractivity contribution in [3.8, 4) is 22.1 Å². The molecule has 0 radical (unpaired) electrons. The molecule has 3 rings (SSSR count). The molecule has 1 aliphatic heterocycles. The quantitative estimate of drug-likeness (QED) is 0.815. The second-order valence-corrected chi connectivity index (χ2v) is 7.00. The predicted molar refractivity (Wildman–Crippen MR) is 97.0 cm³/mol. The normalized spacial score (nSPS) is 14.6. The smallest absolute Gasteiger partial charge is 0.347 e. The second kappa shape index (κ2) is 7.84. The van der Waals surface area contributed by atoms with Gasteiger partial charge in [0.1, 0.15) is 28.0 Å². The molecule has 25 heavy (non-hydrogen) atoms. The molecule has 134 valence electrons. The van der Waals surface area contributed by atoms with Gasteiger partial charge in [-0.15, -0.1) is 11.3 Å². The van der Waals surface area contributed by atoms with Gasteiger partial charge in [0.05, 0.1) is 18.4 Å². The van der Waals surface area contributed by atoms with Crippen LogP contribution in [0.25, 0.3) is 10.6 Å². The third-order valence-electron chi connectivity index (χ3n) is 4.27. The summed E-state index contributed by atoms with van der Waals surface area (Å²) in [6, 6.07) is 5.53. The van der Waals surface area contributed by atoms with Crippen molar-refractivity contribution in [3.05, 3.63) is 28.8 Å². The van der Waals surface area contributed by atoms with Gasteiger partial charge in [-0.05, 0) is 45.0 Å². The number of carboxylic acids is 1. The number of ether oxygens (including phenoxy) is 2. The molecule has 0 atom stereocenters. The van der Waals surface area contributed by atoms with E-state index in [2.05, 4.69) is 9.88 Å². The number of methoxy groups -OCH3 is 1. The van der Waals surface area contributed by atoms with E-state index in [0.29, 0.717) is 28.8 Å². The van der Waals surface area contributed by atoms with E-state index in [9.17, 15) is 9.90 Å². The van der Waals surface area contributed by atoms with Gasteiger partial charge in [-0.2, -0.15) is 0 Å². The van der Waals surface area contributed by atoms with Crippen LogP contribution in [0.2, 0.25) is 0 Å². The zero-order chi connectivity index (χ0) is 17.8. The van der Waals surface area contributed by atoms with E-state index >= 15 is 0 Å². The summed E-state index contributed by atoms with van der Waals surface area (Å²) in [6.45, 7) is 5.43. The van der Waals surface area contributed by atoms with E-state index in [1.54, 1.807) is 14.0 Å². The summed E-state index contributed by atoms with van der Waals surface area (Å²) in [7, 11) is 1.61. The number of aromatic nitrogens is 1. The van der Waals surface area contributed by atoms with E-state index in [1.807, 2.05) is 18.2 Å². The fourth-order valence-corrected chi connectivity index (χ4v) is 3.86. The number of hydrogen-bond donors (Lipinski definition) is 1. The first-order chi connectivity index (χ1) is 12.1. The van der Waals surface area contributed by atoms with E-state index in [1.165, 1.54) is 24.2 Å². The van der Waals surface area contributed by atoms with Crippen molar-refractivity contribution in [2.75, 3.05) is 33.4 Å². The Morgan fingerprint density at radius 1 is 1.36 bits per heavy atom. The maximum Gasteiger partial charge on any atom is 0.347 e. The van der Waals surface area contributed by atoms with Crippen LogP contribution >= 0.6 is 11.3 Å². The highest BCUT2D eigenvalue weighted by Gasteiger charge is 2.19. The third-order valence-corrected chi connectivity index (χ3v) is 5.45. The standard InChI is InChI=1S/C18H22N2O4S/c1-12-16(18(21)22)25-17(19-12)14-6-5-13(23-2)11-15(14)24-10-9-20-7-3-4-8-20/h5-6,11H,3-4,7-10H2,1-2H3,(H,21,22). The van der Waals surface area contributed by atoms with Gasteiger partial charge in [-0.1, -0.05) is 0 Å². The van der Waals surface area contributed by atoms with Crippen molar-refractivity contribution in [2.24, 2.45) is 0 Å². The number of hydrogen-bond acceptors (Lipinski definition) is 6. The van der Waals surface area contributed by atoms with Crippen molar-refractivity contribution >= 4 is 17.3 Å². The van der Waals surface area contributed by atoms with Crippen molar-refractivity contribution in [2.45, 2.75) is 19.8 Å². The highest BCUT2D eigenvalue weighted by atomic mass is 32.1. The van der Waals surface area contributed by atoms with Crippen LogP contribution in [0.4, 0.5) is 0 Å². The average Bonchev–Trinajstić information content (AvgIpc) is 3.24. The Morgan fingerprint density at radius 2 is 2.12 bits per heavy atom. The van der Waals surface area contributed by atoms with Gasteiger partial charge in [-0.3, -0.25) is 4.90 Å². The number of carbonyl (C=O) groups is 1. The van der Waals surface area contributed by atoms with Crippen LogP contribution in [0.5, 0.6) is 11.5 Å². The lowest BCUT2D eigenvalue weighted by molar-refractivity contribution is 0.0701. The monoisotopic (exact) mass is 362 g/mol. The van der Waals surface area contributed by atoms with Gasteiger partial charge < -0.3 is 14.6 Å². The van der Waals surface area contributed by atoms with Gasteiger partial charge in [0.25, 0.3) is 0 Å². The molecule has 1 N–H and O–H groups in total. The maximum atomic E-state index is 11.3. The SMILES string of the molecule is COc1ccc(-c2nc(C)c(C(=O)O)s2)c(OCCN2CCCC2)c1. The van der Waals surface area contributed by atoms with Crippen LogP contribution < -0.4 is 9.47 Å². The number of aromatic carboxylic acids is 1. The Labute approximate surface area is 151 Å². The molecule has 1 fully saturated rings. The first-order valence-corrected chi connectivity index (χ1v) is 9.14. The maximum absolute atomic E-state index is 11.3. The highest BCUT2D eigenvalue weighted by molar-refractivity contribution is 7.17. The first kappa shape index (κ1) is 17.7. The summed E-state index contributed by atoms with van der Waals surface area (Å²) in [6.07, 6.45) is 2.50. The molecule has 2 aromatic rings. The zero-order valence-corrected chi connectivity index (χ0v) is 15.3. The Kier molecular flexibility index (Phi) is 5.55. The molecule has 1 aromatic heterocycles. The summed E-state index contributed by atoms with van der Waals surface area (Å²) in [5.74, 6) is 0.419. The molecule has 2 heterocycles.